The van der Waals surface area contributed by atoms with E-state index in [-0.39, 0.29) is 29.4 Å². The average molecular weight is 318 g/mol. The number of rotatable bonds is 4. The van der Waals surface area contributed by atoms with Crippen LogP contribution in [0.4, 0.5) is 8.78 Å². The van der Waals surface area contributed by atoms with Crippen LogP contribution in [-0.4, -0.2) is 5.11 Å². The zero-order valence-corrected chi connectivity index (χ0v) is 11.8. The number of hydrogen-bond acceptors (Lipinski definition) is 2. The van der Waals surface area contributed by atoms with Gasteiger partial charge in [0.05, 0.1) is 5.02 Å². The Bertz CT molecular complexity index is 635. The van der Waals surface area contributed by atoms with Crippen LogP contribution in [0.3, 0.4) is 0 Å². The van der Waals surface area contributed by atoms with E-state index in [0.717, 1.165) is 18.2 Å². The first kappa shape index (κ1) is 15.0. The normalized spacial score (nSPS) is 10.8. The minimum atomic E-state index is -0.503. The van der Waals surface area contributed by atoms with Crippen molar-refractivity contribution in [3.05, 3.63) is 63.1 Å². The second kappa shape index (κ2) is 6.39. The largest absolute Gasteiger partial charge is 0.506 e. The molecule has 0 heterocycles. The van der Waals surface area contributed by atoms with Gasteiger partial charge >= 0.3 is 0 Å². The van der Waals surface area contributed by atoms with Gasteiger partial charge in [-0.05, 0) is 30.3 Å². The van der Waals surface area contributed by atoms with Gasteiger partial charge in [-0.1, -0.05) is 23.2 Å². The zero-order valence-electron chi connectivity index (χ0n) is 10.3. The van der Waals surface area contributed by atoms with Crippen molar-refractivity contribution in [1.29, 1.82) is 0 Å². The first-order chi connectivity index (χ1) is 9.47. The van der Waals surface area contributed by atoms with Crippen LogP contribution in [-0.2, 0) is 13.1 Å². The summed E-state index contributed by atoms with van der Waals surface area (Å²) in [5, 5.41) is 13.2. The van der Waals surface area contributed by atoms with Gasteiger partial charge in [0.25, 0.3) is 0 Å². The number of aromatic hydroxyl groups is 1. The summed E-state index contributed by atoms with van der Waals surface area (Å²) in [5.74, 6) is -1.08. The minimum absolute atomic E-state index is 0.0803. The molecule has 0 bridgehead atoms. The number of halogens is 4. The smallest absolute Gasteiger partial charge is 0.138 e. The van der Waals surface area contributed by atoms with Crippen molar-refractivity contribution in [1.82, 2.24) is 5.32 Å². The summed E-state index contributed by atoms with van der Waals surface area (Å²) in [5.41, 5.74) is 0.692. The van der Waals surface area contributed by atoms with E-state index in [4.69, 9.17) is 23.2 Å². The van der Waals surface area contributed by atoms with Gasteiger partial charge in [0.15, 0.2) is 0 Å². The average Bonchev–Trinajstić information content (AvgIpc) is 2.39. The van der Waals surface area contributed by atoms with Crippen molar-refractivity contribution >= 4 is 23.2 Å². The molecular weight excluding hydrogens is 307 g/mol. The minimum Gasteiger partial charge on any atom is -0.506 e. The van der Waals surface area contributed by atoms with Gasteiger partial charge in [-0.3, -0.25) is 0 Å². The number of phenolic OH excluding ortho intramolecular Hbond substituents is 1. The molecule has 2 rings (SSSR count). The summed E-state index contributed by atoms with van der Waals surface area (Å²) in [7, 11) is 0. The maximum absolute atomic E-state index is 13.4. The summed E-state index contributed by atoms with van der Waals surface area (Å²) in [6.45, 7) is 0.342. The predicted molar refractivity (Wildman–Crippen MR) is 75.0 cm³/mol. The Labute approximate surface area is 125 Å². The number of benzene rings is 2. The molecule has 2 aromatic carbocycles. The molecule has 106 valence electrons. The van der Waals surface area contributed by atoms with E-state index in [1.807, 2.05) is 0 Å². The fourth-order valence-electron chi connectivity index (χ4n) is 1.76. The van der Waals surface area contributed by atoms with Crippen molar-refractivity contribution in [3.8, 4) is 5.75 Å². The fourth-order valence-corrected chi connectivity index (χ4v) is 2.30. The molecular formula is C14H11Cl2F2NO. The molecule has 0 saturated carbocycles. The topological polar surface area (TPSA) is 32.3 Å². The zero-order chi connectivity index (χ0) is 14.7. The van der Waals surface area contributed by atoms with Crippen molar-refractivity contribution in [3.63, 3.8) is 0 Å². The second-order valence-electron chi connectivity index (χ2n) is 4.23. The molecule has 0 aliphatic rings. The van der Waals surface area contributed by atoms with E-state index in [0.29, 0.717) is 10.6 Å². The highest BCUT2D eigenvalue weighted by Gasteiger charge is 2.08. The van der Waals surface area contributed by atoms with Crippen LogP contribution >= 0.6 is 23.2 Å². The van der Waals surface area contributed by atoms with Gasteiger partial charge in [0.2, 0.25) is 0 Å². The van der Waals surface area contributed by atoms with E-state index in [1.54, 1.807) is 6.07 Å². The third-order valence-electron chi connectivity index (χ3n) is 2.75. The molecule has 0 unspecified atom stereocenters. The summed E-state index contributed by atoms with van der Waals surface area (Å²) in [6, 6.07) is 6.22. The van der Waals surface area contributed by atoms with Crippen molar-refractivity contribution in [2.75, 3.05) is 0 Å². The Morgan fingerprint density at radius 1 is 1.00 bits per heavy atom. The van der Waals surface area contributed by atoms with Crippen molar-refractivity contribution in [2.24, 2.45) is 0 Å². The van der Waals surface area contributed by atoms with E-state index in [1.165, 1.54) is 6.07 Å². The second-order valence-corrected chi connectivity index (χ2v) is 5.08. The SMILES string of the molecule is Oc1c(Cl)cc(Cl)cc1CNCc1cc(F)ccc1F. The van der Waals surface area contributed by atoms with Gasteiger partial charge in [0.1, 0.15) is 17.4 Å². The van der Waals surface area contributed by atoms with Crippen LogP contribution in [0.1, 0.15) is 11.1 Å². The van der Waals surface area contributed by atoms with Crippen molar-refractivity contribution in [2.45, 2.75) is 13.1 Å². The summed E-state index contributed by atoms with van der Waals surface area (Å²) < 4.78 is 26.4. The molecule has 0 aliphatic carbocycles. The maximum Gasteiger partial charge on any atom is 0.138 e. The highest BCUT2D eigenvalue weighted by molar-refractivity contribution is 6.35. The Morgan fingerprint density at radius 3 is 2.45 bits per heavy atom. The summed E-state index contributed by atoms with van der Waals surface area (Å²) in [6.07, 6.45) is 0. The highest BCUT2D eigenvalue weighted by Crippen LogP contribution is 2.31. The van der Waals surface area contributed by atoms with E-state index in [2.05, 4.69) is 5.32 Å². The van der Waals surface area contributed by atoms with Crippen molar-refractivity contribution < 1.29 is 13.9 Å². The lowest BCUT2D eigenvalue weighted by atomic mass is 10.1. The fraction of sp³-hybridized carbons (Fsp3) is 0.143. The molecule has 2 N–H and O–H groups in total. The molecule has 2 nitrogen and oxygen atoms in total. The summed E-state index contributed by atoms with van der Waals surface area (Å²) >= 11 is 11.6. The molecule has 0 aromatic heterocycles. The molecule has 6 heteroatoms. The molecule has 0 saturated heterocycles. The van der Waals surface area contributed by atoms with Crippen LogP contribution in [0.2, 0.25) is 10.0 Å². The quantitative estimate of drug-likeness (QED) is 0.882. The Balaban J connectivity index is 2.05. The van der Waals surface area contributed by atoms with Crippen LogP contribution < -0.4 is 5.32 Å². The molecule has 20 heavy (non-hydrogen) atoms. The number of hydrogen-bond donors (Lipinski definition) is 2. The van der Waals surface area contributed by atoms with E-state index in [9.17, 15) is 13.9 Å². The molecule has 0 amide bonds. The van der Waals surface area contributed by atoms with Gasteiger partial charge in [-0.15, -0.1) is 0 Å². The standard InChI is InChI=1S/C14H11Cl2F2NO/c15-10-3-9(14(20)12(16)5-10)7-19-6-8-4-11(17)1-2-13(8)18/h1-5,19-20H,6-7H2. The van der Waals surface area contributed by atoms with Crippen LogP contribution in [0.5, 0.6) is 5.75 Å². The summed E-state index contributed by atoms with van der Waals surface area (Å²) in [4.78, 5) is 0. The highest BCUT2D eigenvalue weighted by atomic mass is 35.5. The van der Waals surface area contributed by atoms with E-state index >= 15 is 0 Å². The van der Waals surface area contributed by atoms with Gasteiger partial charge in [0, 0.05) is 29.2 Å². The Kier molecular flexibility index (Phi) is 4.81. The number of phenols is 1. The molecule has 0 radical (unpaired) electrons. The predicted octanol–water partition coefficient (Wildman–Crippen LogP) is 4.27. The van der Waals surface area contributed by atoms with Gasteiger partial charge in [-0.2, -0.15) is 0 Å². The first-order valence-electron chi connectivity index (χ1n) is 5.79. The molecule has 2 aromatic rings. The lowest BCUT2D eigenvalue weighted by Gasteiger charge is -2.09. The van der Waals surface area contributed by atoms with Gasteiger partial charge < -0.3 is 10.4 Å². The lowest BCUT2D eigenvalue weighted by molar-refractivity contribution is 0.464. The van der Waals surface area contributed by atoms with Crippen LogP contribution in [0, 0.1) is 11.6 Å². The first-order valence-corrected chi connectivity index (χ1v) is 6.54. The number of nitrogens with one attached hydrogen (secondary N) is 1. The molecule has 0 fully saturated rings. The monoisotopic (exact) mass is 317 g/mol. The molecule has 0 aliphatic heterocycles. The molecule has 0 atom stereocenters. The third kappa shape index (κ3) is 3.60. The third-order valence-corrected chi connectivity index (χ3v) is 3.25. The Morgan fingerprint density at radius 2 is 1.70 bits per heavy atom. The van der Waals surface area contributed by atoms with Crippen LogP contribution in [0.25, 0.3) is 0 Å². The maximum atomic E-state index is 13.4. The van der Waals surface area contributed by atoms with Gasteiger partial charge in [-0.25, -0.2) is 8.78 Å². The Hall–Kier alpha value is -1.36. The lowest BCUT2D eigenvalue weighted by Crippen LogP contribution is -2.14. The van der Waals surface area contributed by atoms with Crippen LogP contribution in [0.15, 0.2) is 30.3 Å². The van der Waals surface area contributed by atoms with E-state index < -0.39 is 11.6 Å². The molecule has 0 spiro atoms.